The van der Waals surface area contributed by atoms with Crippen molar-refractivity contribution < 1.29 is 13.9 Å². The number of halogens is 1. The summed E-state index contributed by atoms with van der Waals surface area (Å²) >= 11 is 0. The van der Waals surface area contributed by atoms with Gasteiger partial charge in [-0.05, 0) is 31.0 Å². The molecule has 1 atom stereocenters. The van der Waals surface area contributed by atoms with Gasteiger partial charge in [-0.3, -0.25) is 9.08 Å². The number of nitrogens with zero attached hydrogens (tertiary/aromatic N) is 5. The summed E-state index contributed by atoms with van der Waals surface area (Å²) < 4.78 is 30.8. The monoisotopic (exact) mass is 418 g/mol. The zero-order valence-electron chi connectivity index (χ0n) is 16.6. The maximum absolute atomic E-state index is 14.7. The predicted molar refractivity (Wildman–Crippen MR) is 110 cm³/mol. The van der Waals surface area contributed by atoms with E-state index in [-0.39, 0.29) is 11.7 Å². The van der Waals surface area contributed by atoms with E-state index in [0.29, 0.717) is 36.9 Å². The van der Waals surface area contributed by atoms with Crippen LogP contribution >= 0.6 is 0 Å². The molecule has 6 heterocycles. The smallest absolute Gasteiger partial charge is 0.170 e. The van der Waals surface area contributed by atoms with E-state index in [1.165, 1.54) is 11.8 Å². The number of nitrogens with one attached hydrogen (secondary N) is 1. The van der Waals surface area contributed by atoms with Crippen LogP contribution in [0.25, 0.3) is 16.8 Å². The van der Waals surface area contributed by atoms with Gasteiger partial charge in [-0.15, -0.1) is 10.2 Å². The molecule has 31 heavy (non-hydrogen) atoms. The van der Waals surface area contributed by atoms with Gasteiger partial charge in [-0.2, -0.15) is 5.10 Å². The van der Waals surface area contributed by atoms with Gasteiger partial charge in [0.1, 0.15) is 17.9 Å². The number of hydrogen-bond donors (Lipinski definition) is 1. The summed E-state index contributed by atoms with van der Waals surface area (Å²) in [6.07, 6.45) is 5.64. The molecule has 0 radical (unpaired) electrons. The molecular weight excluding hydrogens is 399 g/mol. The molecule has 4 aromatic rings. The summed E-state index contributed by atoms with van der Waals surface area (Å²) in [6.45, 7) is 2.15. The van der Waals surface area contributed by atoms with Crippen molar-refractivity contribution in [3.63, 3.8) is 0 Å². The summed E-state index contributed by atoms with van der Waals surface area (Å²) in [5.41, 5.74) is 5.45. The summed E-state index contributed by atoms with van der Waals surface area (Å²) in [5.74, 6) is 1.88. The molecule has 0 unspecified atom stereocenters. The minimum absolute atomic E-state index is 0.0195. The van der Waals surface area contributed by atoms with Crippen LogP contribution in [0.15, 0.2) is 30.7 Å². The summed E-state index contributed by atoms with van der Waals surface area (Å²) in [4.78, 5) is 0. The first-order valence-electron chi connectivity index (χ1n) is 10.5. The van der Waals surface area contributed by atoms with Gasteiger partial charge in [0.25, 0.3) is 0 Å². The number of fused-ring (bicyclic) bond motifs is 4. The van der Waals surface area contributed by atoms with Crippen molar-refractivity contribution in [2.75, 3.05) is 18.5 Å². The van der Waals surface area contributed by atoms with Crippen molar-refractivity contribution in [3.8, 4) is 22.6 Å². The molecule has 8 nitrogen and oxygen atoms in total. The van der Waals surface area contributed by atoms with Crippen molar-refractivity contribution >= 4 is 11.5 Å². The third-order valence-electron chi connectivity index (χ3n) is 6.54. The van der Waals surface area contributed by atoms with E-state index < -0.39 is 0 Å². The number of hydrogen-bond acceptors (Lipinski definition) is 6. The lowest BCUT2D eigenvalue weighted by atomic mass is 9.96. The zero-order chi connectivity index (χ0) is 20.5. The third-order valence-corrected chi connectivity index (χ3v) is 6.54. The summed E-state index contributed by atoms with van der Waals surface area (Å²) in [5, 5.41) is 16.4. The Bertz CT molecular complexity index is 1360. The molecule has 1 aromatic carbocycles. The summed E-state index contributed by atoms with van der Waals surface area (Å²) in [7, 11) is 0. The van der Waals surface area contributed by atoms with Crippen LogP contribution in [0.3, 0.4) is 0 Å². The normalized spacial score (nSPS) is 18.8. The van der Waals surface area contributed by atoms with E-state index in [9.17, 15) is 4.39 Å². The second-order valence-electron chi connectivity index (χ2n) is 8.24. The lowest BCUT2D eigenvalue weighted by molar-refractivity contribution is 0.249. The Labute approximate surface area is 176 Å². The van der Waals surface area contributed by atoms with Gasteiger partial charge >= 0.3 is 0 Å². The minimum Gasteiger partial charge on any atom is -0.493 e. The molecule has 0 spiro atoms. The molecule has 3 aromatic heterocycles. The van der Waals surface area contributed by atoms with Crippen molar-refractivity contribution in [2.45, 2.75) is 31.8 Å². The predicted octanol–water partition coefficient (Wildman–Crippen LogP) is 3.16. The maximum Gasteiger partial charge on any atom is 0.170 e. The van der Waals surface area contributed by atoms with E-state index in [1.807, 2.05) is 16.7 Å². The summed E-state index contributed by atoms with van der Waals surface area (Å²) in [6, 6.07) is 5.18. The van der Waals surface area contributed by atoms with Crippen LogP contribution in [-0.4, -0.2) is 37.6 Å². The van der Waals surface area contributed by atoms with Crippen LogP contribution in [0.2, 0.25) is 0 Å². The first-order valence-corrected chi connectivity index (χ1v) is 10.5. The third kappa shape index (κ3) is 2.37. The van der Waals surface area contributed by atoms with E-state index >= 15 is 0 Å². The fraction of sp³-hybridized carbons (Fsp3) is 0.318. The van der Waals surface area contributed by atoms with Crippen LogP contribution in [0.5, 0.6) is 11.5 Å². The van der Waals surface area contributed by atoms with Crippen molar-refractivity contribution in [2.24, 2.45) is 0 Å². The highest BCUT2D eigenvalue weighted by molar-refractivity contribution is 5.83. The van der Waals surface area contributed by atoms with Crippen LogP contribution in [0.4, 0.5) is 10.2 Å². The second-order valence-corrected chi connectivity index (χ2v) is 8.24. The quantitative estimate of drug-likeness (QED) is 0.512. The Kier molecular flexibility index (Phi) is 3.42. The SMILES string of the molecule is Fc1ccc2c3c1CNc1c(cc(-c4cnn5c4CCC5)c4nncn14)OC[C@H]3CO2. The first-order chi connectivity index (χ1) is 15.3. The molecule has 0 saturated heterocycles. The number of anilines is 1. The van der Waals surface area contributed by atoms with Gasteiger partial charge < -0.3 is 14.8 Å². The Hall–Kier alpha value is -3.62. The first kappa shape index (κ1) is 17.1. The van der Waals surface area contributed by atoms with Crippen LogP contribution in [-0.2, 0) is 19.5 Å². The molecule has 3 aliphatic rings. The van der Waals surface area contributed by atoms with Crippen molar-refractivity contribution in [3.05, 3.63) is 53.4 Å². The molecule has 3 aliphatic heterocycles. The van der Waals surface area contributed by atoms with E-state index in [0.717, 1.165) is 47.5 Å². The lowest BCUT2D eigenvalue weighted by Crippen LogP contribution is -2.13. The van der Waals surface area contributed by atoms with Gasteiger partial charge in [0.15, 0.2) is 17.2 Å². The largest absolute Gasteiger partial charge is 0.493 e. The van der Waals surface area contributed by atoms with Crippen LogP contribution in [0, 0.1) is 5.82 Å². The highest BCUT2D eigenvalue weighted by atomic mass is 19.1. The van der Waals surface area contributed by atoms with E-state index in [2.05, 4.69) is 25.3 Å². The fourth-order valence-corrected chi connectivity index (χ4v) is 5.07. The second kappa shape index (κ2) is 6.19. The molecule has 7 rings (SSSR count). The highest BCUT2D eigenvalue weighted by Gasteiger charge is 2.32. The molecule has 0 fully saturated rings. The molecule has 0 saturated carbocycles. The standard InChI is InChI=1S/C22H19FN6O2/c23-16-3-4-18-20-12(9-30-18)10-31-19-6-13(14-8-26-29-5-1-2-17(14)29)21-27-25-11-28(21)22(19)24-7-15(16)20/h3-4,6,8,11-12,24H,1-2,5,7,9-10H2/t12-/m1/s1. The number of aryl methyl sites for hydroxylation is 1. The maximum atomic E-state index is 14.7. The molecular formula is C22H19FN6O2. The molecule has 156 valence electrons. The average Bonchev–Trinajstić information content (AvgIpc) is 3.55. The number of benzene rings is 1. The molecule has 0 bridgehead atoms. The molecule has 0 aliphatic carbocycles. The number of rotatable bonds is 1. The zero-order valence-corrected chi connectivity index (χ0v) is 16.6. The van der Waals surface area contributed by atoms with Gasteiger partial charge in [-0.25, -0.2) is 4.39 Å². The fourth-order valence-electron chi connectivity index (χ4n) is 5.07. The Morgan fingerprint density at radius 2 is 2.03 bits per heavy atom. The van der Waals surface area contributed by atoms with E-state index in [4.69, 9.17) is 9.47 Å². The van der Waals surface area contributed by atoms with Gasteiger partial charge in [0.2, 0.25) is 0 Å². The average molecular weight is 418 g/mol. The molecule has 0 amide bonds. The minimum atomic E-state index is -0.239. The van der Waals surface area contributed by atoms with Crippen molar-refractivity contribution in [1.82, 2.24) is 24.4 Å². The number of pyridine rings is 1. The number of ether oxygens (including phenoxy) is 2. The van der Waals surface area contributed by atoms with Crippen LogP contribution < -0.4 is 14.8 Å². The highest BCUT2D eigenvalue weighted by Crippen LogP contribution is 2.42. The Morgan fingerprint density at radius 3 is 2.97 bits per heavy atom. The Morgan fingerprint density at radius 1 is 1.13 bits per heavy atom. The van der Waals surface area contributed by atoms with E-state index in [1.54, 1.807) is 12.4 Å². The topological polar surface area (TPSA) is 78.5 Å². The number of aromatic nitrogens is 5. The van der Waals surface area contributed by atoms with Gasteiger partial charge in [0, 0.05) is 41.0 Å². The molecule has 1 N–H and O–H groups in total. The van der Waals surface area contributed by atoms with Crippen molar-refractivity contribution in [1.29, 1.82) is 0 Å². The van der Waals surface area contributed by atoms with Gasteiger partial charge in [-0.1, -0.05) is 0 Å². The van der Waals surface area contributed by atoms with Gasteiger partial charge in [0.05, 0.1) is 25.3 Å². The van der Waals surface area contributed by atoms with Crippen LogP contribution in [0.1, 0.15) is 29.2 Å². The lowest BCUT2D eigenvalue weighted by Gasteiger charge is -2.16. The molecule has 9 heteroatoms. The Balaban J connectivity index is 1.40.